The number of thioether (sulfide) groups is 1. The molecule has 2 amide bonds. The number of urea groups is 1. The van der Waals surface area contributed by atoms with Gasteiger partial charge < -0.3 is 14.8 Å². The molecule has 170 valence electrons. The third-order valence-electron chi connectivity index (χ3n) is 3.96. The van der Waals surface area contributed by atoms with Crippen molar-refractivity contribution in [1.29, 1.82) is 0 Å². The Bertz CT molecular complexity index is 1020. The second-order valence-corrected chi connectivity index (χ2v) is 8.49. The average molecular weight is 459 g/mol. The molecule has 0 atom stereocenters. The van der Waals surface area contributed by atoms with Crippen molar-refractivity contribution >= 4 is 41.1 Å². The number of anilines is 1. The van der Waals surface area contributed by atoms with Gasteiger partial charge in [0.15, 0.2) is 5.78 Å². The summed E-state index contributed by atoms with van der Waals surface area (Å²) < 4.78 is 10.6. The Hall–Kier alpha value is -3.40. The van der Waals surface area contributed by atoms with E-state index in [2.05, 4.69) is 20.8 Å². The number of Topliss-reactive ketones (excluding diaryl/α,β-unsaturated/α-hetero) is 1. The van der Waals surface area contributed by atoms with Gasteiger partial charge in [-0.1, -0.05) is 6.07 Å². The van der Waals surface area contributed by atoms with Crippen LogP contribution in [0.1, 0.15) is 43.7 Å². The smallest absolute Gasteiger partial charge is 0.339 e. The molecule has 32 heavy (non-hydrogen) atoms. The molecule has 1 heterocycles. The number of aromatic nitrogens is 1. The van der Waals surface area contributed by atoms with Crippen LogP contribution in [0.15, 0.2) is 52.6 Å². The third-order valence-corrected chi connectivity index (χ3v) is 4.68. The second-order valence-electron chi connectivity index (χ2n) is 7.61. The molecule has 0 saturated carbocycles. The topological polar surface area (TPSA) is 119 Å². The number of esters is 1. The summed E-state index contributed by atoms with van der Waals surface area (Å²) in [6.07, 6.45) is 3.39. The summed E-state index contributed by atoms with van der Waals surface area (Å²) in [6.45, 7) is 6.01. The number of carbonyl (C=O) groups is 3. The minimum absolute atomic E-state index is 0.100. The predicted molar refractivity (Wildman–Crippen MR) is 123 cm³/mol. The largest absolute Gasteiger partial charge is 0.438 e. The van der Waals surface area contributed by atoms with Gasteiger partial charge in [0.1, 0.15) is 5.69 Å². The first-order valence-electron chi connectivity index (χ1n) is 9.67. The van der Waals surface area contributed by atoms with Crippen LogP contribution in [-0.2, 0) is 14.3 Å². The van der Waals surface area contributed by atoms with Gasteiger partial charge in [0.05, 0.1) is 11.0 Å². The van der Waals surface area contributed by atoms with E-state index in [0.29, 0.717) is 5.69 Å². The molecule has 0 aliphatic rings. The normalized spacial score (nSPS) is 11.5. The highest BCUT2D eigenvalue weighted by Gasteiger charge is 2.24. The summed E-state index contributed by atoms with van der Waals surface area (Å²) in [6, 6.07) is 9.82. The van der Waals surface area contributed by atoms with Crippen molar-refractivity contribution in [2.24, 2.45) is 10.5 Å². The highest BCUT2D eigenvalue weighted by Crippen LogP contribution is 2.19. The fraction of sp³-hybridized carbons (Fsp3) is 0.318. The van der Waals surface area contributed by atoms with Gasteiger partial charge >= 0.3 is 12.0 Å². The third kappa shape index (κ3) is 7.38. The lowest BCUT2D eigenvalue weighted by atomic mass is 9.98. The van der Waals surface area contributed by atoms with Gasteiger partial charge in [-0.3, -0.25) is 14.6 Å². The van der Waals surface area contributed by atoms with Gasteiger partial charge in [0, 0.05) is 23.7 Å². The Labute approximate surface area is 191 Å². The van der Waals surface area contributed by atoms with E-state index in [-0.39, 0.29) is 22.9 Å². The molecule has 10 heteroatoms. The molecule has 0 aliphatic heterocycles. The lowest BCUT2D eigenvalue weighted by Gasteiger charge is -2.17. The van der Waals surface area contributed by atoms with Gasteiger partial charge in [-0.25, -0.2) is 10.2 Å². The number of pyridine rings is 1. The van der Waals surface area contributed by atoms with Crippen molar-refractivity contribution in [3.63, 3.8) is 0 Å². The summed E-state index contributed by atoms with van der Waals surface area (Å²) in [4.78, 5) is 41.3. The van der Waals surface area contributed by atoms with Crippen molar-refractivity contribution < 1.29 is 23.9 Å². The van der Waals surface area contributed by atoms with E-state index in [4.69, 9.17) is 9.47 Å². The maximum Gasteiger partial charge on any atom is 0.339 e. The maximum absolute atomic E-state index is 12.3. The molecular formula is C22H26N4O5S. The molecule has 0 aliphatic carbocycles. The van der Waals surface area contributed by atoms with Crippen molar-refractivity contribution in [2.45, 2.75) is 32.6 Å². The number of benzene rings is 1. The van der Waals surface area contributed by atoms with Gasteiger partial charge in [0.25, 0.3) is 0 Å². The fourth-order valence-corrected chi connectivity index (χ4v) is 2.80. The first-order chi connectivity index (χ1) is 15.1. The number of ether oxygens (including phenoxy) is 2. The fourth-order valence-electron chi connectivity index (χ4n) is 2.35. The molecule has 0 fully saturated rings. The summed E-state index contributed by atoms with van der Waals surface area (Å²) in [5.74, 6) is -0.922. The van der Waals surface area contributed by atoms with E-state index >= 15 is 0 Å². The zero-order valence-corrected chi connectivity index (χ0v) is 19.4. The standard InChI is InChI=1S/C22H26N4O5S/c1-14(27)18-17(10-7-11-23-18)19(30-13-31-20(28)22(2,3)4)25-26-21(29)24-15-8-6-9-16(12-15)32-5/h6-12H,13H2,1-5H3,(H2,24,26,29). The van der Waals surface area contributed by atoms with Gasteiger partial charge in [-0.15, -0.1) is 16.9 Å². The number of nitrogens with zero attached hydrogens (tertiary/aromatic N) is 2. The first kappa shape index (κ1) is 24.9. The summed E-state index contributed by atoms with van der Waals surface area (Å²) in [5.41, 5.74) is 2.54. The van der Waals surface area contributed by atoms with Crippen molar-refractivity contribution in [1.82, 2.24) is 10.4 Å². The van der Waals surface area contributed by atoms with E-state index in [1.54, 1.807) is 50.7 Å². The van der Waals surface area contributed by atoms with E-state index in [1.165, 1.54) is 13.1 Å². The molecule has 0 bridgehead atoms. The Morgan fingerprint density at radius 3 is 2.53 bits per heavy atom. The number of ketones is 1. The summed E-state index contributed by atoms with van der Waals surface area (Å²) >= 11 is 1.54. The van der Waals surface area contributed by atoms with Crippen molar-refractivity contribution in [3.8, 4) is 0 Å². The molecule has 0 radical (unpaired) electrons. The lowest BCUT2D eigenvalue weighted by molar-refractivity contribution is -0.160. The predicted octanol–water partition coefficient (Wildman–Crippen LogP) is 4.05. The number of hydrogen-bond donors (Lipinski definition) is 2. The molecule has 0 spiro atoms. The monoisotopic (exact) mass is 458 g/mol. The molecular weight excluding hydrogens is 432 g/mol. The summed E-state index contributed by atoms with van der Waals surface area (Å²) in [5, 5.41) is 6.64. The number of hydrazone groups is 1. The number of rotatable bonds is 7. The molecule has 9 nitrogen and oxygen atoms in total. The Balaban J connectivity index is 2.19. The summed E-state index contributed by atoms with van der Waals surface area (Å²) in [7, 11) is 0. The molecule has 1 aromatic heterocycles. The average Bonchev–Trinajstić information content (AvgIpc) is 2.75. The van der Waals surface area contributed by atoms with E-state index < -0.39 is 24.2 Å². The zero-order chi connectivity index (χ0) is 23.7. The van der Waals surface area contributed by atoms with Crippen LogP contribution in [0.2, 0.25) is 0 Å². The van der Waals surface area contributed by atoms with Crippen LogP contribution in [-0.4, -0.2) is 41.7 Å². The molecule has 1 aromatic carbocycles. The molecule has 2 N–H and O–H groups in total. The Kier molecular flexibility index (Phi) is 8.77. The lowest BCUT2D eigenvalue weighted by Crippen LogP contribution is -2.28. The van der Waals surface area contributed by atoms with Crippen LogP contribution in [0.25, 0.3) is 0 Å². The minimum Gasteiger partial charge on any atom is -0.438 e. The van der Waals surface area contributed by atoms with Crippen LogP contribution < -0.4 is 10.7 Å². The highest BCUT2D eigenvalue weighted by molar-refractivity contribution is 7.98. The minimum atomic E-state index is -0.719. The Morgan fingerprint density at radius 1 is 1.12 bits per heavy atom. The van der Waals surface area contributed by atoms with Crippen LogP contribution in [0.5, 0.6) is 0 Å². The van der Waals surface area contributed by atoms with Crippen molar-refractivity contribution in [2.75, 3.05) is 18.4 Å². The Morgan fingerprint density at radius 2 is 1.88 bits per heavy atom. The zero-order valence-electron chi connectivity index (χ0n) is 18.6. The molecule has 2 aromatic rings. The van der Waals surface area contributed by atoms with E-state index in [9.17, 15) is 14.4 Å². The number of nitrogens with one attached hydrogen (secondary N) is 2. The van der Waals surface area contributed by atoms with Gasteiger partial charge in [-0.05, 0) is 57.4 Å². The molecule has 0 unspecified atom stereocenters. The van der Waals surface area contributed by atoms with Crippen LogP contribution in [0, 0.1) is 5.41 Å². The van der Waals surface area contributed by atoms with E-state index in [0.717, 1.165) is 4.90 Å². The maximum atomic E-state index is 12.3. The highest BCUT2D eigenvalue weighted by atomic mass is 32.2. The first-order valence-corrected chi connectivity index (χ1v) is 10.9. The molecule has 2 rings (SSSR count). The van der Waals surface area contributed by atoms with Gasteiger partial charge in [-0.2, -0.15) is 0 Å². The van der Waals surface area contributed by atoms with Crippen LogP contribution >= 0.6 is 11.8 Å². The number of amides is 2. The molecule has 0 saturated heterocycles. The van der Waals surface area contributed by atoms with Gasteiger partial charge in [0.2, 0.25) is 12.7 Å². The van der Waals surface area contributed by atoms with E-state index in [1.807, 2.05) is 24.5 Å². The number of carbonyl (C=O) groups excluding carboxylic acids is 3. The number of hydrogen-bond acceptors (Lipinski definition) is 8. The SMILES string of the molecule is CSc1cccc(NC(=O)NN=C(OCOC(=O)C(C)(C)C)c2cccnc2C(C)=O)c1. The van der Waals surface area contributed by atoms with Crippen molar-refractivity contribution in [3.05, 3.63) is 53.9 Å². The van der Waals surface area contributed by atoms with Crippen LogP contribution in [0.4, 0.5) is 10.5 Å². The van der Waals surface area contributed by atoms with Crippen LogP contribution in [0.3, 0.4) is 0 Å². The quantitative estimate of drug-likeness (QED) is 0.122. The second kappa shape index (κ2) is 11.3.